The normalized spacial score (nSPS) is 17.5. The number of likely N-dealkylation sites (tertiary alicyclic amines) is 1. The lowest BCUT2D eigenvalue weighted by Gasteiger charge is -2.31. The van der Waals surface area contributed by atoms with E-state index in [0.717, 1.165) is 0 Å². The number of rotatable bonds is 0. The third kappa shape index (κ3) is 4.28. The molecular formula is C10H18F3NO2. The van der Waals surface area contributed by atoms with Crippen molar-refractivity contribution >= 4 is 6.09 Å². The Hall–Kier alpha value is -0.940. The van der Waals surface area contributed by atoms with E-state index in [9.17, 15) is 18.0 Å². The molecule has 1 saturated heterocycles. The quantitative estimate of drug-likeness (QED) is 0.652. The Morgan fingerprint density at radius 3 is 2.00 bits per heavy atom. The third-order valence-electron chi connectivity index (χ3n) is 2.39. The maximum absolute atomic E-state index is 12.2. The van der Waals surface area contributed by atoms with E-state index in [0.29, 0.717) is 0 Å². The Balaban J connectivity index is 0.00000106. The number of amides is 1. The van der Waals surface area contributed by atoms with E-state index in [4.69, 9.17) is 0 Å². The molecule has 0 unspecified atom stereocenters. The molecule has 1 aliphatic heterocycles. The number of alkyl halides is 3. The third-order valence-corrected chi connectivity index (χ3v) is 2.39. The number of halogens is 3. The predicted molar refractivity (Wildman–Crippen MR) is 54.1 cm³/mol. The highest BCUT2D eigenvalue weighted by atomic mass is 19.4. The van der Waals surface area contributed by atoms with Gasteiger partial charge in [0.25, 0.3) is 0 Å². The van der Waals surface area contributed by atoms with Gasteiger partial charge in [0.05, 0.1) is 13.0 Å². The topological polar surface area (TPSA) is 29.5 Å². The molecule has 0 aromatic carbocycles. The number of methoxy groups -OCH3 is 1. The minimum absolute atomic E-state index is 0.0292. The van der Waals surface area contributed by atoms with E-state index in [2.05, 4.69) is 4.74 Å². The second-order valence-corrected chi connectivity index (χ2v) is 3.27. The Labute approximate surface area is 93.6 Å². The fraction of sp³-hybridized carbons (Fsp3) is 0.900. The van der Waals surface area contributed by atoms with Crippen LogP contribution in [-0.2, 0) is 4.74 Å². The number of nitrogens with zero attached hydrogens (tertiary/aromatic N) is 1. The molecule has 0 aliphatic carbocycles. The number of hydrogen-bond donors (Lipinski definition) is 0. The van der Waals surface area contributed by atoms with E-state index >= 15 is 0 Å². The molecule has 0 saturated carbocycles. The molecule has 0 bridgehead atoms. The van der Waals surface area contributed by atoms with Crippen molar-refractivity contribution in [2.75, 3.05) is 20.2 Å². The van der Waals surface area contributed by atoms with Gasteiger partial charge < -0.3 is 9.64 Å². The van der Waals surface area contributed by atoms with Crippen LogP contribution in [0.3, 0.4) is 0 Å². The lowest BCUT2D eigenvalue weighted by molar-refractivity contribution is -0.184. The van der Waals surface area contributed by atoms with Crippen LogP contribution in [0.5, 0.6) is 0 Å². The van der Waals surface area contributed by atoms with Crippen molar-refractivity contribution in [3.8, 4) is 0 Å². The van der Waals surface area contributed by atoms with Crippen LogP contribution in [0.1, 0.15) is 26.7 Å². The summed E-state index contributed by atoms with van der Waals surface area (Å²) in [6.45, 7) is 4.24. The maximum Gasteiger partial charge on any atom is 0.409 e. The fourth-order valence-electron chi connectivity index (χ4n) is 1.52. The molecule has 1 rings (SSSR count). The van der Waals surface area contributed by atoms with Crippen LogP contribution in [0.2, 0.25) is 0 Å². The highest BCUT2D eigenvalue weighted by Crippen LogP contribution is 2.34. The summed E-state index contributed by atoms with van der Waals surface area (Å²) in [5.41, 5.74) is 0. The molecule has 1 aliphatic rings. The molecule has 1 fully saturated rings. The Kier molecular flexibility index (Phi) is 6.21. The minimum atomic E-state index is -4.14. The van der Waals surface area contributed by atoms with Crippen molar-refractivity contribution in [3.05, 3.63) is 0 Å². The van der Waals surface area contributed by atoms with Crippen LogP contribution in [0.15, 0.2) is 0 Å². The molecule has 0 aromatic rings. The van der Waals surface area contributed by atoms with Crippen molar-refractivity contribution in [1.29, 1.82) is 0 Å². The highest BCUT2D eigenvalue weighted by Gasteiger charge is 2.41. The molecule has 0 radical (unpaired) electrons. The minimum Gasteiger partial charge on any atom is -0.453 e. The van der Waals surface area contributed by atoms with Gasteiger partial charge in [0.1, 0.15) is 0 Å². The number of piperidine rings is 1. The average Bonchev–Trinajstić information content (AvgIpc) is 2.30. The van der Waals surface area contributed by atoms with Crippen LogP contribution < -0.4 is 0 Å². The van der Waals surface area contributed by atoms with Gasteiger partial charge in [-0.05, 0) is 12.8 Å². The number of carbonyl (C=O) groups excluding carboxylic acids is 1. The molecule has 0 N–H and O–H groups in total. The van der Waals surface area contributed by atoms with Crippen molar-refractivity contribution in [1.82, 2.24) is 4.90 Å². The maximum atomic E-state index is 12.2. The van der Waals surface area contributed by atoms with E-state index in [1.165, 1.54) is 12.0 Å². The van der Waals surface area contributed by atoms with Gasteiger partial charge in [-0.25, -0.2) is 4.79 Å². The first-order valence-corrected chi connectivity index (χ1v) is 5.34. The summed E-state index contributed by atoms with van der Waals surface area (Å²) in [6, 6.07) is 0. The smallest absolute Gasteiger partial charge is 0.409 e. The van der Waals surface area contributed by atoms with Crippen LogP contribution in [-0.4, -0.2) is 37.4 Å². The van der Waals surface area contributed by atoms with E-state index < -0.39 is 18.2 Å². The number of ether oxygens (including phenoxy) is 1. The van der Waals surface area contributed by atoms with E-state index in [1.807, 2.05) is 13.8 Å². The predicted octanol–water partition coefficient (Wildman–Crippen LogP) is 3.05. The second-order valence-electron chi connectivity index (χ2n) is 3.27. The molecule has 0 atom stereocenters. The van der Waals surface area contributed by atoms with Crippen molar-refractivity contribution in [3.63, 3.8) is 0 Å². The molecule has 3 nitrogen and oxygen atoms in total. The molecule has 16 heavy (non-hydrogen) atoms. The van der Waals surface area contributed by atoms with Gasteiger partial charge in [-0.2, -0.15) is 13.2 Å². The van der Waals surface area contributed by atoms with Crippen molar-refractivity contribution in [2.45, 2.75) is 32.9 Å². The summed E-state index contributed by atoms with van der Waals surface area (Å²) < 4.78 is 41.1. The molecule has 96 valence electrons. The molecule has 0 spiro atoms. The molecule has 1 heterocycles. The number of carbonyl (C=O) groups is 1. The number of hydrogen-bond acceptors (Lipinski definition) is 2. The van der Waals surface area contributed by atoms with E-state index in [1.54, 1.807) is 0 Å². The zero-order chi connectivity index (χ0) is 12.8. The first kappa shape index (κ1) is 15.1. The van der Waals surface area contributed by atoms with Gasteiger partial charge in [-0.3, -0.25) is 0 Å². The van der Waals surface area contributed by atoms with Crippen LogP contribution in [0.25, 0.3) is 0 Å². The summed E-state index contributed by atoms with van der Waals surface area (Å²) >= 11 is 0. The summed E-state index contributed by atoms with van der Waals surface area (Å²) in [5.74, 6) is -1.27. The lowest BCUT2D eigenvalue weighted by Crippen LogP contribution is -2.42. The molecule has 6 heteroatoms. The highest BCUT2D eigenvalue weighted by molar-refractivity contribution is 5.67. The zero-order valence-corrected chi connectivity index (χ0v) is 9.80. The zero-order valence-electron chi connectivity index (χ0n) is 9.80. The van der Waals surface area contributed by atoms with Gasteiger partial charge in [0.2, 0.25) is 0 Å². The summed E-state index contributed by atoms with van der Waals surface area (Å²) in [4.78, 5) is 12.2. The first-order chi connectivity index (χ1) is 7.45. The van der Waals surface area contributed by atoms with Crippen LogP contribution >= 0.6 is 0 Å². The van der Waals surface area contributed by atoms with Gasteiger partial charge in [-0.1, -0.05) is 13.8 Å². The first-order valence-electron chi connectivity index (χ1n) is 5.34. The Morgan fingerprint density at radius 2 is 1.69 bits per heavy atom. The van der Waals surface area contributed by atoms with Crippen LogP contribution in [0.4, 0.5) is 18.0 Å². The van der Waals surface area contributed by atoms with Crippen LogP contribution in [0, 0.1) is 5.92 Å². The largest absolute Gasteiger partial charge is 0.453 e. The average molecular weight is 241 g/mol. The summed E-state index contributed by atoms with van der Waals surface area (Å²) in [7, 11) is 1.22. The summed E-state index contributed by atoms with van der Waals surface area (Å²) in [6.07, 6.45) is -4.75. The van der Waals surface area contributed by atoms with E-state index in [-0.39, 0.29) is 25.9 Å². The van der Waals surface area contributed by atoms with Gasteiger partial charge in [0, 0.05) is 13.1 Å². The summed E-state index contributed by atoms with van der Waals surface area (Å²) in [5, 5.41) is 0. The standard InChI is InChI=1S/C8H12F3NO2.C2H6/c1-14-7(13)12-4-2-6(3-5-12)8(9,10)11;1-2/h6H,2-5H2,1H3;1-2H3. The Bertz CT molecular complexity index is 211. The fourth-order valence-corrected chi connectivity index (χ4v) is 1.52. The monoisotopic (exact) mass is 241 g/mol. The second kappa shape index (κ2) is 6.60. The van der Waals surface area contributed by atoms with Crippen molar-refractivity contribution < 1.29 is 22.7 Å². The Morgan fingerprint density at radius 1 is 1.25 bits per heavy atom. The lowest BCUT2D eigenvalue weighted by atomic mass is 9.97. The molecular weight excluding hydrogens is 223 g/mol. The van der Waals surface area contributed by atoms with Gasteiger partial charge in [-0.15, -0.1) is 0 Å². The van der Waals surface area contributed by atoms with Crippen molar-refractivity contribution in [2.24, 2.45) is 5.92 Å². The SMILES string of the molecule is CC.COC(=O)N1CCC(C(F)(F)F)CC1. The molecule has 1 amide bonds. The van der Waals surface area contributed by atoms with Gasteiger partial charge in [0.15, 0.2) is 0 Å². The van der Waals surface area contributed by atoms with Gasteiger partial charge >= 0.3 is 12.3 Å². The molecule has 0 aromatic heterocycles.